The quantitative estimate of drug-likeness (QED) is 0.232. The van der Waals surface area contributed by atoms with Crippen LogP contribution < -0.4 is 4.74 Å². The number of nitrogens with zero attached hydrogens (tertiary/aromatic N) is 3. The van der Waals surface area contributed by atoms with Crippen molar-refractivity contribution in [1.82, 2.24) is 9.97 Å². The van der Waals surface area contributed by atoms with Gasteiger partial charge in [0.2, 0.25) is 5.88 Å². The van der Waals surface area contributed by atoms with Crippen LogP contribution in [0.1, 0.15) is 48.0 Å². The largest absolute Gasteiger partial charge is 0.477 e. The first-order chi connectivity index (χ1) is 13.8. The zero-order valence-corrected chi connectivity index (χ0v) is 18.2. The molecule has 0 aliphatic rings. The minimum Gasteiger partial charge on any atom is -0.477 e. The van der Waals surface area contributed by atoms with Crippen LogP contribution in [0.25, 0.3) is 10.9 Å². The molecule has 0 saturated carbocycles. The summed E-state index contributed by atoms with van der Waals surface area (Å²) in [7, 11) is 0. The number of fused-ring (bicyclic) bond motifs is 1. The number of non-ortho nitro benzene ring substituents is 1. The van der Waals surface area contributed by atoms with Gasteiger partial charge in [-0.1, -0.05) is 65.0 Å². The Hall–Kier alpha value is -3.02. The SMILES string of the molecule is CC.C\C=C/C(=C\C=C\CCOc1ncnc2ccc([N+](=O)[O-])cc12)C(C)(C)C. The molecule has 0 atom stereocenters. The van der Waals surface area contributed by atoms with Gasteiger partial charge in [-0.2, -0.15) is 0 Å². The van der Waals surface area contributed by atoms with Crippen LogP contribution in [0.3, 0.4) is 0 Å². The van der Waals surface area contributed by atoms with Crippen LogP contribution in [0.15, 0.2) is 60.5 Å². The highest BCUT2D eigenvalue weighted by atomic mass is 16.6. The molecular formula is C23H31N3O3. The lowest BCUT2D eigenvalue weighted by Gasteiger charge is -2.19. The highest BCUT2D eigenvalue weighted by Gasteiger charge is 2.13. The lowest BCUT2D eigenvalue weighted by Crippen LogP contribution is -2.07. The van der Waals surface area contributed by atoms with Gasteiger partial charge < -0.3 is 4.74 Å². The Labute approximate surface area is 173 Å². The molecule has 1 aromatic carbocycles. The third-order valence-corrected chi connectivity index (χ3v) is 3.94. The van der Waals surface area contributed by atoms with E-state index in [1.54, 1.807) is 6.07 Å². The minimum atomic E-state index is -0.442. The average Bonchev–Trinajstić information content (AvgIpc) is 2.70. The summed E-state index contributed by atoms with van der Waals surface area (Å²) in [6.45, 7) is 13.0. The number of hydrogen-bond acceptors (Lipinski definition) is 5. The van der Waals surface area contributed by atoms with E-state index in [-0.39, 0.29) is 11.1 Å². The first-order valence-corrected chi connectivity index (χ1v) is 9.85. The van der Waals surface area contributed by atoms with Crippen LogP contribution >= 0.6 is 0 Å². The van der Waals surface area contributed by atoms with Gasteiger partial charge in [0.15, 0.2) is 0 Å². The van der Waals surface area contributed by atoms with Crippen molar-refractivity contribution in [3.8, 4) is 5.88 Å². The number of aromatic nitrogens is 2. The van der Waals surface area contributed by atoms with E-state index in [9.17, 15) is 10.1 Å². The van der Waals surface area contributed by atoms with Crippen LogP contribution in [0, 0.1) is 15.5 Å². The summed E-state index contributed by atoms with van der Waals surface area (Å²) in [5, 5.41) is 11.5. The topological polar surface area (TPSA) is 78.2 Å². The molecular weight excluding hydrogens is 366 g/mol. The molecule has 0 aliphatic heterocycles. The van der Waals surface area contributed by atoms with Crippen molar-refractivity contribution in [3.63, 3.8) is 0 Å². The molecule has 0 radical (unpaired) electrons. The molecule has 1 heterocycles. The Kier molecular flexibility index (Phi) is 9.72. The molecule has 0 amide bonds. The normalized spacial score (nSPS) is 12.3. The number of rotatable bonds is 7. The number of nitro groups is 1. The number of ether oxygens (including phenoxy) is 1. The standard InChI is InChI=1S/C21H25N3O3.C2H6/c1-5-9-16(21(2,3)4)10-7-6-8-13-27-20-18-14-17(24(25)26)11-12-19(18)22-15-23-20;1-2/h5-7,9-12,14-15H,8,13H2,1-4H3;1-2H3/b7-6+,9-5-,16-10+;. The first-order valence-electron chi connectivity index (χ1n) is 9.85. The van der Waals surface area contributed by atoms with Crippen molar-refractivity contribution in [2.24, 2.45) is 5.41 Å². The van der Waals surface area contributed by atoms with E-state index in [4.69, 9.17) is 4.74 Å². The van der Waals surface area contributed by atoms with Gasteiger partial charge in [0.05, 0.1) is 22.4 Å². The lowest BCUT2D eigenvalue weighted by atomic mass is 9.86. The molecule has 2 rings (SSSR count). The van der Waals surface area contributed by atoms with Gasteiger partial charge in [0.1, 0.15) is 6.33 Å². The highest BCUT2D eigenvalue weighted by molar-refractivity contribution is 5.85. The van der Waals surface area contributed by atoms with Gasteiger partial charge in [-0.3, -0.25) is 10.1 Å². The molecule has 6 heteroatoms. The van der Waals surface area contributed by atoms with Gasteiger partial charge in [-0.15, -0.1) is 0 Å². The highest BCUT2D eigenvalue weighted by Crippen LogP contribution is 2.27. The van der Waals surface area contributed by atoms with E-state index < -0.39 is 4.92 Å². The van der Waals surface area contributed by atoms with Crippen molar-refractivity contribution in [3.05, 3.63) is 70.6 Å². The second-order valence-electron chi connectivity index (χ2n) is 7.07. The van der Waals surface area contributed by atoms with Gasteiger partial charge in [0.25, 0.3) is 5.69 Å². The molecule has 2 aromatic rings. The Morgan fingerprint density at radius 3 is 2.59 bits per heavy atom. The number of allylic oxidation sites excluding steroid dienone is 5. The van der Waals surface area contributed by atoms with Crippen LogP contribution in [0.2, 0.25) is 0 Å². The summed E-state index contributed by atoms with van der Waals surface area (Å²) in [6.07, 6.45) is 12.4. The van der Waals surface area contributed by atoms with Gasteiger partial charge >= 0.3 is 0 Å². The summed E-state index contributed by atoms with van der Waals surface area (Å²) < 4.78 is 5.72. The summed E-state index contributed by atoms with van der Waals surface area (Å²) in [5.41, 5.74) is 1.94. The second kappa shape index (κ2) is 11.7. The molecule has 156 valence electrons. The van der Waals surface area contributed by atoms with Gasteiger partial charge in [-0.25, -0.2) is 9.97 Å². The molecule has 29 heavy (non-hydrogen) atoms. The molecule has 0 unspecified atom stereocenters. The Balaban J connectivity index is 0.00000204. The van der Waals surface area contributed by atoms with Crippen molar-refractivity contribution >= 4 is 16.6 Å². The van der Waals surface area contributed by atoms with E-state index >= 15 is 0 Å². The Bertz CT molecular complexity index is 894. The fourth-order valence-corrected chi connectivity index (χ4v) is 2.48. The Morgan fingerprint density at radius 1 is 1.24 bits per heavy atom. The lowest BCUT2D eigenvalue weighted by molar-refractivity contribution is -0.384. The zero-order chi connectivity index (χ0) is 21.9. The summed E-state index contributed by atoms with van der Waals surface area (Å²) in [4.78, 5) is 18.7. The van der Waals surface area contributed by atoms with E-state index in [0.29, 0.717) is 29.8 Å². The van der Waals surface area contributed by atoms with Crippen molar-refractivity contribution in [2.45, 2.75) is 48.0 Å². The van der Waals surface area contributed by atoms with Gasteiger partial charge in [0, 0.05) is 12.1 Å². The van der Waals surface area contributed by atoms with Crippen LogP contribution in [0.5, 0.6) is 5.88 Å². The summed E-state index contributed by atoms with van der Waals surface area (Å²) in [6, 6.07) is 4.46. The van der Waals surface area contributed by atoms with Crippen molar-refractivity contribution in [2.75, 3.05) is 6.61 Å². The van der Waals surface area contributed by atoms with Crippen LogP contribution in [-0.2, 0) is 0 Å². The monoisotopic (exact) mass is 397 g/mol. The van der Waals surface area contributed by atoms with E-state index in [1.165, 1.54) is 24.0 Å². The molecule has 6 nitrogen and oxygen atoms in total. The molecule has 0 aliphatic carbocycles. The van der Waals surface area contributed by atoms with Crippen LogP contribution in [0.4, 0.5) is 5.69 Å². The third-order valence-electron chi connectivity index (χ3n) is 3.94. The maximum Gasteiger partial charge on any atom is 0.270 e. The maximum absolute atomic E-state index is 11.0. The van der Waals surface area contributed by atoms with Gasteiger partial charge in [-0.05, 0) is 30.4 Å². The van der Waals surface area contributed by atoms with E-state index in [0.717, 1.165) is 0 Å². The van der Waals surface area contributed by atoms with E-state index in [2.05, 4.69) is 42.9 Å². The third kappa shape index (κ3) is 7.49. The smallest absolute Gasteiger partial charge is 0.270 e. The number of hydrogen-bond donors (Lipinski definition) is 0. The molecule has 0 saturated heterocycles. The molecule has 0 spiro atoms. The van der Waals surface area contributed by atoms with E-state index in [1.807, 2.05) is 39.0 Å². The number of benzene rings is 1. The molecule has 0 bridgehead atoms. The predicted molar refractivity (Wildman–Crippen MR) is 119 cm³/mol. The predicted octanol–water partition coefficient (Wildman–Crippen LogP) is 6.44. The fourth-order valence-electron chi connectivity index (χ4n) is 2.48. The second-order valence-corrected chi connectivity index (χ2v) is 7.07. The van der Waals surface area contributed by atoms with Crippen LogP contribution in [-0.4, -0.2) is 21.5 Å². The fraction of sp³-hybridized carbons (Fsp3) is 0.391. The number of nitro benzene ring substituents is 1. The molecule has 0 N–H and O–H groups in total. The average molecular weight is 398 g/mol. The Morgan fingerprint density at radius 2 is 1.97 bits per heavy atom. The van der Waals surface area contributed by atoms with Crippen molar-refractivity contribution in [1.29, 1.82) is 0 Å². The molecule has 0 fully saturated rings. The molecule has 1 aromatic heterocycles. The van der Waals surface area contributed by atoms with Crippen molar-refractivity contribution < 1.29 is 9.66 Å². The summed E-state index contributed by atoms with van der Waals surface area (Å²) >= 11 is 0. The minimum absolute atomic E-state index is 0.00845. The first kappa shape index (κ1) is 24.0. The summed E-state index contributed by atoms with van der Waals surface area (Å²) in [5.74, 6) is 0.358. The zero-order valence-electron chi connectivity index (χ0n) is 18.2. The maximum atomic E-state index is 11.0.